The molecule has 0 bridgehead atoms. The van der Waals surface area contributed by atoms with E-state index >= 15 is 0 Å². The highest BCUT2D eigenvalue weighted by Gasteiger charge is 2.31. The predicted molar refractivity (Wildman–Crippen MR) is 66.1 cm³/mol. The van der Waals surface area contributed by atoms with Gasteiger partial charge < -0.3 is 15.2 Å². The average Bonchev–Trinajstić information content (AvgIpc) is 2.28. The summed E-state index contributed by atoms with van der Waals surface area (Å²) in [6.07, 6.45) is -3.78. The van der Waals surface area contributed by atoms with Crippen LogP contribution in [-0.2, 0) is 6.18 Å². The molecule has 1 aromatic rings. The Morgan fingerprint density at radius 2 is 2.00 bits per heavy atom. The minimum atomic E-state index is -4.53. The number of hydrogen-bond acceptors (Lipinski definition) is 3. The standard InChI is InChI=1S/C11H11F4NO.C2H4O/c12-9-3-8(11(13,14)15)1-2-10(9)17-6-7-4-16-5-7;1-2-3/h1-3,7,16H,4-6H2;2-3H,1H2. The molecule has 0 unspecified atom stereocenters. The first-order valence-corrected chi connectivity index (χ1v) is 5.84. The monoisotopic (exact) mass is 293 g/mol. The number of aliphatic hydroxyl groups is 1. The van der Waals surface area contributed by atoms with Crippen molar-refractivity contribution in [2.24, 2.45) is 5.92 Å². The van der Waals surface area contributed by atoms with Crippen molar-refractivity contribution in [2.45, 2.75) is 6.18 Å². The average molecular weight is 293 g/mol. The molecule has 2 N–H and O–H groups in total. The highest BCUT2D eigenvalue weighted by Crippen LogP contribution is 2.32. The molecule has 1 fully saturated rings. The van der Waals surface area contributed by atoms with Crippen LogP contribution in [-0.4, -0.2) is 24.8 Å². The second-order valence-corrected chi connectivity index (χ2v) is 4.16. The Labute approximate surface area is 113 Å². The summed E-state index contributed by atoms with van der Waals surface area (Å²) < 4.78 is 55.2. The second-order valence-electron chi connectivity index (χ2n) is 4.16. The van der Waals surface area contributed by atoms with Crippen molar-refractivity contribution in [3.8, 4) is 5.75 Å². The van der Waals surface area contributed by atoms with Gasteiger partial charge in [-0.2, -0.15) is 13.2 Å². The SMILES string of the molecule is C=CO.Fc1cc(C(F)(F)F)ccc1OCC1CNC1. The van der Waals surface area contributed by atoms with Gasteiger partial charge in [0, 0.05) is 19.0 Å². The zero-order valence-corrected chi connectivity index (χ0v) is 10.6. The number of aliphatic hydroxyl groups excluding tert-OH is 1. The van der Waals surface area contributed by atoms with E-state index in [4.69, 9.17) is 9.84 Å². The van der Waals surface area contributed by atoms with Gasteiger partial charge in [-0.3, -0.25) is 0 Å². The maximum absolute atomic E-state index is 13.3. The van der Waals surface area contributed by atoms with Crippen LogP contribution in [0.15, 0.2) is 31.0 Å². The number of ether oxygens (including phenoxy) is 1. The van der Waals surface area contributed by atoms with E-state index in [1.54, 1.807) is 0 Å². The van der Waals surface area contributed by atoms with E-state index in [0.717, 1.165) is 31.5 Å². The summed E-state index contributed by atoms with van der Waals surface area (Å²) in [4.78, 5) is 0. The molecule has 1 aliphatic rings. The molecule has 20 heavy (non-hydrogen) atoms. The Hall–Kier alpha value is -1.76. The first-order valence-electron chi connectivity index (χ1n) is 5.84. The first kappa shape index (κ1) is 16.3. The van der Waals surface area contributed by atoms with Crippen LogP contribution in [0.25, 0.3) is 0 Å². The van der Waals surface area contributed by atoms with E-state index in [-0.39, 0.29) is 5.75 Å². The molecule has 0 amide bonds. The van der Waals surface area contributed by atoms with Crippen LogP contribution >= 0.6 is 0 Å². The van der Waals surface area contributed by atoms with Gasteiger partial charge in [0.05, 0.1) is 18.4 Å². The summed E-state index contributed by atoms with van der Waals surface area (Å²) in [6.45, 7) is 4.82. The summed E-state index contributed by atoms with van der Waals surface area (Å²) in [5, 5.41) is 10.4. The Bertz CT molecular complexity index is 444. The largest absolute Gasteiger partial charge is 0.516 e. The highest BCUT2D eigenvalue weighted by molar-refractivity contribution is 5.30. The first-order chi connectivity index (χ1) is 9.38. The molecule has 112 valence electrons. The predicted octanol–water partition coefficient (Wildman–Crippen LogP) is 3.13. The molecule has 1 saturated heterocycles. The number of rotatable bonds is 3. The van der Waals surface area contributed by atoms with Gasteiger partial charge >= 0.3 is 6.18 Å². The van der Waals surface area contributed by atoms with E-state index in [9.17, 15) is 17.6 Å². The molecule has 2 rings (SSSR count). The Morgan fingerprint density at radius 3 is 2.40 bits per heavy atom. The third-order valence-electron chi connectivity index (χ3n) is 2.60. The fourth-order valence-corrected chi connectivity index (χ4v) is 1.47. The fraction of sp³-hybridized carbons (Fsp3) is 0.385. The summed E-state index contributed by atoms with van der Waals surface area (Å²) in [6, 6.07) is 2.29. The van der Waals surface area contributed by atoms with Crippen molar-refractivity contribution < 1.29 is 27.4 Å². The molecule has 1 aliphatic heterocycles. The van der Waals surface area contributed by atoms with E-state index < -0.39 is 17.6 Å². The molecule has 0 spiro atoms. The Balaban J connectivity index is 0.000000612. The van der Waals surface area contributed by atoms with Gasteiger partial charge in [0.15, 0.2) is 11.6 Å². The van der Waals surface area contributed by atoms with Gasteiger partial charge in [-0.1, -0.05) is 6.58 Å². The van der Waals surface area contributed by atoms with Crippen LogP contribution in [0.1, 0.15) is 5.56 Å². The molecular weight excluding hydrogens is 278 g/mol. The van der Waals surface area contributed by atoms with Crippen LogP contribution < -0.4 is 10.1 Å². The van der Waals surface area contributed by atoms with E-state index in [0.29, 0.717) is 18.6 Å². The summed E-state index contributed by atoms with van der Waals surface area (Å²) >= 11 is 0. The van der Waals surface area contributed by atoms with Crippen LogP contribution in [0.5, 0.6) is 5.75 Å². The highest BCUT2D eigenvalue weighted by atomic mass is 19.4. The number of nitrogens with one attached hydrogen (secondary N) is 1. The number of halogens is 4. The smallest absolute Gasteiger partial charge is 0.416 e. The van der Waals surface area contributed by atoms with Crippen LogP contribution in [0.2, 0.25) is 0 Å². The lowest BCUT2D eigenvalue weighted by Crippen LogP contribution is -2.45. The molecule has 1 aromatic carbocycles. The maximum atomic E-state index is 13.3. The van der Waals surface area contributed by atoms with Crippen molar-refractivity contribution in [1.29, 1.82) is 0 Å². The van der Waals surface area contributed by atoms with E-state index in [2.05, 4.69) is 11.9 Å². The van der Waals surface area contributed by atoms with Crippen LogP contribution in [0.4, 0.5) is 17.6 Å². The van der Waals surface area contributed by atoms with E-state index in [1.807, 2.05) is 0 Å². The second kappa shape index (κ2) is 7.14. The molecule has 0 radical (unpaired) electrons. The molecule has 0 saturated carbocycles. The normalized spacial score (nSPS) is 14.8. The lowest BCUT2D eigenvalue weighted by molar-refractivity contribution is -0.137. The zero-order chi connectivity index (χ0) is 15.2. The third-order valence-corrected chi connectivity index (χ3v) is 2.60. The molecule has 0 aromatic heterocycles. The maximum Gasteiger partial charge on any atom is 0.416 e. The summed E-state index contributed by atoms with van der Waals surface area (Å²) in [5.74, 6) is -0.811. The molecule has 1 heterocycles. The van der Waals surface area contributed by atoms with E-state index in [1.165, 1.54) is 0 Å². The van der Waals surface area contributed by atoms with Gasteiger partial charge in [0.2, 0.25) is 0 Å². The van der Waals surface area contributed by atoms with Crippen molar-refractivity contribution >= 4 is 0 Å². The molecule has 0 aliphatic carbocycles. The number of alkyl halides is 3. The Kier molecular flexibility index (Phi) is 5.82. The lowest BCUT2D eigenvalue weighted by atomic mass is 10.1. The number of hydrogen-bond donors (Lipinski definition) is 2. The minimum absolute atomic E-state index is 0.134. The summed E-state index contributed by atoms with van der Waals surface area (Å²) in [7, 11) is 0. The van der Waals surface area contributed by atoms with Crippen molar-refractivity contribution in [2.75, 3.05) is 19.7 Å². The molecule has 7 heteroatoms. The van der Waals surface area contributed by atoms with Gasteiger partial charge in [-0.05, 0) is 18.2 Å². The zero-order valence-electron chi connectivity index (χ0n) is 10.6. The van der Waals surface area contributed by atoms with Crippen molar-refractivity contribution in [1.82, 2.24) is 5.32 Å². The minimum Gasteiger partial charge on any atom is -0.516 e. The molecule has 3 nitrogen and oxygen atoms in total. The number of benzene rings is 1. The van der Waals surface area contributed by atoms with Crippen molar-refractivity contribution in [3.63, 3.8) is 0 Å². The lowest BCUT2D eigenvalue weighted by Gasteiger charge is -2.26. The van der Waals surface area contributed by atoms with Crippen molar-refractivity contribution in [3.05, 3.63) is 42.4 Å². The molecule has 0 atom stereocenters. The summed E-state index contributed by atoms with van der Waals surface area (Å²) in [5.41, 5.74) is -1.01. The fourth-order valence-electron chi connectivity index (χ4n) is 1.47. The van der Waals surface area contributed by atoms with Crippen LogP contribution in [0, 0.1) is 11.7 Å². The van der Waals surface area contributed by atoms with Gasteiger partial charge in [0.25, 0.3) is 0 Å². The van der Waals surface area contributed by atoms with Gasteiger partial charge in [-0.15, -0.1) is 0 Å². The molecular formula is C13H15F4NO2. The third kappa shape index (κ3) is 4.73. The quantitative estimate of drug-likeness (QED) is 0.664. The topological polar surface area (TPSA) is 41.5 Å². The van der Waals surface area contributed by atoms with Crippen LogP contribution in [0.3, 0.4) is 0 Å². The van der Waals surface area contributed by atoms with Gasteiger partial charge in [-0.25, -0.2) is 4.39 Å². The van der Waals surface area contributed by atoms with Gasteiger partial charge in [0.1, 0.15) is 0 Å². The Morgan fingerprint density at radius 1 is 1.40 bits per heavy atom.